The molecule has 0 aromatic heterocycles. The van der Waals surface area contributed by atoms with Gasteiger partial charge in [0.1, 0.15) is 19.3 Å². The third kappa shape index (κ3) is 54.0. The molecule has 0 amide bonds. The Morgan fingerprint density at radius 2 is 0.637 bits per heavy atom. The normalized spacial score (nSPS) is 14.7. The van der Waals surface area contributed by atoms with E-state index in [9.17, 15) is 43.2 Å². The second kappa shape index (κ2) is 53.8. The fourth-order valence-electron chi connectivity index (χ4n) is 8.97. The summed E-state index contributed by atoms with van der Waals surface area (Å²) in [5.74, 6) is -0.746. The fraction of sp³-hybridized carbons (Fsp3) is 0.934. The number of unbranched alkanes of at least 4 members (excludes halogenated alkanes) is 29. The lowest BCUT2D eigenvalue weighted by molar-refractivity contribution is -0.161. The quantitative estimate of drug-likeness (QED) is 0.0222. The van der Waals surface area contributed by atoms with Gasteiger partial charge in [-0.2, -0.15) is 0 Å². The standard InChI is InChI=1S/C61H118O17P2/c1-7-10-12-14-16-17-18-19-20-21-22-24-33-39-45-60(65)77-56(50-72-59(64)44-38-32-28-26-30-36-42-54(6)9-3)51-75-79(67,68)73-47-55(62)48-74-80(69,70)76-52-57(49-71-58(63)43-37-31-23-15-13-11-8-2)78-61(66)46-40-34-27-25-29-35-41-53(4)5/h53-57,62H,7-52H2,1-6H3,(H,67,68)(H,69,70)/t54?,55-,56-,57-/m1/s1. The van der Waals surface area contributed by atoms with Crippen molar-refractivity contribution in [3.8, 4) is 0 Å². The summed E-state index contributed by atoms with van der Waals surface area (Å²) in [6.07, 6.45) is 35.1. The van der Waals surface area contributed by atoms with Crippen LogP contribution in [0.4, 0.5) is 0 Å². The Kier molecular flexibility index (Phi) is 52.5. The highest BCUT2D eigenvalue weighted by molar-refractivity contribution is 7.47. The predicted octanol–water partition coefficient (Wildman–Crippen LogP) is 16.5. The van der Waals surface area contributed by atoms with Crippen LogP contribution in [0.3, 0.4) is 0 Å². The highest BCUT2D eigenvalue weighted by Crippen LogP contribution is 2.45. The van der Waals surface area contributed by atoms with Crippen molar-refractivity contribution in [1.29, 1.82) is 0 Å². The molecule has 0 bridgehead atoms. The molecule has 0 saturated carbocycles. The summed E-state index contributed by atoms with van der Waals surface area (Å²) in [6, 6.07) is 0. The van der Waals surface area contributed by atoms with Crippen LogP contribution < -0.4 is 0 Å². The maximum Gasteiger partial charge on any atom is 0.472 e. The SMILES string of the molecule is CCCCCCCCCCCCCCCCC(=O)O[C@H](COC(=O)CCCCCCCCC(C)CC)COP(=O)(O)OC[C@@H](O)COP(=O)(O)OC[C@@H](COC(=O)CCCCCCCCC)OC(=O)CCCCCCCCC(C)C. The van der Waals surface area contributed by atoms with Crippen LogP contribution in [0.15, 0.2) is 0 Å². The van der Waals surface area contributed by atoms with E-state index in [1.165, 1.54) is 96.3 Å². The van der Waals surface area contributed by atoms with Crippen molar-refractivity contribution in [2.24, 2.45) is 11.8 Å². The molecular formula is C61H118O17P2. The minimum absolute atomic E-state index is 0.101. The van der Waals surface area contributed by atoms with Gasteiger partial charge in [-0.25, -0.2) is 9.13 Å². The zero-order chi connectivity index (χ0) is 59.4. The molecule has 0 fully saturated rings. The molecule has 6 atom stereocenters. The lowest BCUT2D eigenvalue weighted by Crippen LogP contribution is -2.30. The molecule has 0 radical (unpaired) electrons. The number of phosphoric ester groups is 2. The third-order valence-corrected chi connectivity index (χ3v) is 16.2. The van der Waals surface area contributed by atoms with Crippen LogP contribution in [0.2, 0.25) is 0 Å². The van der Waals surface area contributed by atoms with E-state index in [4.69, 9.17) is 37.0 Å². The number of aliphatic hydroxyl groups is 1. The van der Waals surface area contributed by atoms with E-state index in [0.717, 1.165) is 115 Å². The van der Waals surface area contributed by atoms with Crippen molar-refractivity contribution >= 4 is 39.5 Å². The van der Waals surface area contributed by atoms with Gasteiger partial charge in [0.2, 0.25) is 0 Å². The van der Waals surface area contributed by atoms with E-state index in [0.29, 0.717) is 31.6 Å². The van der Waals surface area contributed by atoms with Gasteiger partial charge in [-0.1, -0.05) is 247 Å². The predicted molar refractivity (Wildman–Crippen MR) is 317 cm³/mol. The highest BCUT2D eigenvalue weighted by Gasteiger charge is 2.30. The van der Waals surface area contributed by atoms with Crippen LogP contribution >= 0.6 is 15.6 Å². The van der Waals surface area contributed by atoms with Crippen molar-refractivity contribution in [3.63, 3.8) is 0 Å². The first-order valence-corrected chi connectivity index (χ1v) is 35.0. The van der Waals surface area contributed by atoms with E-state index in [-0.39, 0.29) is 25.7 Å². The van der Waals surface area contributed by atoms with Crippen molar-refractivity contribution in [2.75, 3.05) is 39.6 Å². The highest BCUT2D eigenvalue weighted by atomic mass is 31.2. The molecule has 3 unspecified atom stereocenters. The second-order valence-corrected chi connectivity index (χ2v) is 25.7. The number of hydrogen-bond acceptors (Lipinski definition) is 15. The molecule has 0 saturated heterocycles. The second-order valence-electron chi connectivity index (χ2n) is 22.8. The summed E-state index contributed by atoms with van der Waals surface area (Å²) < 4.78 is 67.7. The van der Waals surface area contributed by atoms with Crippen molar-refractivity contribution < 1.29 is 80.2 Å². The lowest BCUT2D eigenvalue weighted by atomic mass is 10.00. The van der Waals surface area contributed by atoms with Gasteiger partial charge in [0.25, 0.3) is 0 Å². The zero-order valence-corrected chi connectivity index (χ0v) is 53.2. The number of hydrogen-bond donors (Lipinski definition) is 3. The molecule has 17 nitrogen and oxygen atoms in total. The van der Waals surface area contributed by atoms with Crippen LogP contribution in [-0.4, -0.2) is 96.7 Å². The van der Waals surface area contributed by atoms with Crippen LogP contribution in [-0.2, 0) is 65.4 Å². The molecule has 0 aromatic rings. The number of phosphoric acid groups is 2. The Bertz CT molecular complexity index is 1580. The number of carbonyl (C=O) groups is 4. The van der Waals surface area contributed by atoms with Gasteiger partial charge in [-0.15, -0.1) is 0 Å². The van der Waals surface area contributed by atoms with Gasteiger partial charge >= 0.3 is 39.5 Å². The Hall–Kier alpha value is -1.94. The maximum atomic E-state index is 12.9. The van der Waals surface area contributed by atoms with Crippen molar-refractivity contribution in [2.45, 2.75) is 317 Å². The van der Waals surface area contributed by atoms with E-state index >= 15 is 0 Å². The number of carbonyl (C=O) groups excluding carboxylic acids is 4. The molecule has 474 valence electrons. The minimum Gasteiger partial charge on any atom is -0.462 e. The van der Waals surface area contributed by atoms with Crippen LogP contribution in [0.5, 0.6) is 0 Å². The Labute approximate surface area is 486 Å². The van der Waals surface area contributed by atoms with Gasteiger partial charge < -0.3 is 33.8 Å². The topological polar surface area (TPSA) is 237 Å². The number of aliphatic hydroxyl groups excluding tert-OH is 1. The largest absolute Gasteiger partial charge is 0.472 e. The van der Waals surface area contributed by atoms with Crippen molar-refractivity contribution in [1.82, 2.24) is 0 Å². The first-order chi connectivity index (χ1) is 38.4. The summed E-state index contributed by atoms with van der Waals surface area (Å²) >= 11 is 0. The molecule has 80 heavy (non-hydrogen) atoms. The average Bonchev–Trinajstić information content (AvgIpc) is 3.42. The van der Waals surface area contributed by atoms with Crippen LogP contribution in [0.25, 0.3) is 0 Å². The first-order valence-electron chi connectivity index (χ1n) is 32.0. The van der Waals surface area contributed by atoms with E-state index in [1.54, 1.807) is 0 Å². The van der Waals surface area contributed by atoms with Crippen LogP contribution in [0, 0.1) is 11.8 Å². The molecule has 0 rings (SSSR count). The molecule has 0 aromatic carbocycles. The average molecular weight is 1190 g/mol. The molecule has 0 aliphatic rings. The first kappa shape index (κ1) is 78.1. The summed E-state index contributed by atoms with van der Waals surface area (Å²) in [6.45, 7) is 9.30. The van der Waals surface area contributed by atoms with E-state index in [2.05, 4.69) is 41.5 Å². The van der Waals surface area contributed by atoms with Gasteiger partial charge in [0.05, 0.1) is 26.4 Å². The lowest BCUT2D eigenvalue weighted by Gasteiger charge is -2.21. The maximum absolute atomic E-state index is 12.9. The molecular weight excluding hydrogens is 1070 g/mol. The number of ether oxygens (including phenoxy) is 4. The number of rotatable bonds is 60. The van der Waals surface area contributed by atoms with Crippen molar-refractivity contribution in [3.05, 3.63) is 0 Å². The monoisotopic (exact) mass is 1180 g/mol. The summed E-state index contributed by atoms with van der Waals surface area (Å²) in [5, 5.41) is 10.5. The molecule has 19 heteroatoms. The molecule has 0 heterocycles. The third-order valence-electron chi connectivity index (χ3n) is 14.3. The molecule has 0 aliphatic heterocycles. The number of esters is 4. The molecule has 0 aliphatic carbocycles. The van der Waals surface area contributed by atoms with Crippen LogP contribution in [0.1, 0.15) is 298 Å². The van der Waals surface area contributed by atoms with E-state index < -0.39 is 97.5 Å². The molecule has 3 N–H and O–H groups in total. The Morgan fingerprint density at radius 3 is 0.950 bits per heavy atom. The van der Waals surface area contributed by atoms with Gasteiger partial charge in [0, 0.05) is 25.7 Å². The van der Waals surface area contributed by atoms with Gasteiger partial charge in [-0.05, 0) is 37.5 Å². The summed E-state index contributed by atoms with van der Waals surface area (Å²) in [5.41, 5.74) is 0. The minimum atomic E-state index is -4.94. The summed E-state index contributed by atoms with van der Waals surface area (Å²) in [4.78, 5) is 71.9. The molecule has 0 spiro atoms. The van der Waals surface area contributed by atoms with E-state index in [1.807, 2.05) is 0 Å². The van der Waals surface area contributed by atoms with Gasteiger partial charge in [-0.3, -0.25) is 37.3 Å². The Balaban J connectivity index is 5.21. The fourth-order valence-corrected chi connectivity index (χ4v) is 10.5. The zero-order valence-electron chi connectivity index (χ0n) is 51.4. The summed E-state index contributed by atoms with van der Waals surface area (Å²) in [7, 11) is -9.88. The van der Waals surface area contributed by atoms with Gasteiger partial charge in [0.15, 0.2) is 12.2 Å². The smallest absolute Gasteiger partial charge is 0.462 e. The Morgan fingerprint density at radius 1 is 0.362 bits per heavy atom.